The van der Waals surface area contributed by atoms with Crippen molar-refractivity contribution in [2.24, 2.45) is 0 Å². The van der Waals surface area contributed by atoms with E-state index in [0.29, 0.717) is 23.4 Å². The summed E-state index contributed by atoms with van der Waals surface area (Å²) in [6.45, 7) is 3.71. The van der Waals surface area contributed by atoms with Gasteiger partial charge in [-0.1, -0.05) is 34.1 Å². The van der Waals surface area contributed by atoms with Crippen molar-refractivity contribution in [3.05, 3.63) is 86.0 Å². The van der Waals surface area contributed by atoms with Gasteiger partial charge in [-0.15, -0.1) is 0 Å². The van der Waals surface area contributed by atoms with Gasteiger partial charge in [-0.05, 0) is 56.2 Å². The molecule has 0 saturated heterocycles. The summed E-state index contributed by atoms with van der Waals surface area (Å²) in [6.07, 6.45) is 0.524. The monoisotopic (exact) mass is 445 g/mol. The number of hydrogen-bond donors (Lipinski definition) is 2. The van der Waals surface area contributed by atoms with Crippen LogP contribution in [0.1, 0.15) is 36.2 Å². The first kappa shape index (κ1) is 20.1. The van der Waals surface area contributed by atoms with Crippen molar-refractivity contribution in [2.75, 3.05) is 0 Å². The second-order valence-corrected chi connectivity index (χ2v) is 7.50. The second kappa shape index (κ2) is 8.56. The maximum atomic E-state index is 13.1. The predicted octanol–water partition coefficient (Wildman–Crippen LogP) is 4.19. The summed E-state index contributed by atoms with van der Waals surface area (Å²) in [5, 5.41) is 5.95. The van der Waals surface area contributed by atoms with Crippen molar-refractivity contribution in [2.45, 2.75) is 32.7 Å². The van der Waals surface area contributed by atoms with Crippen molar-refractivity contribution in [1.29, 1.82) is 0 Å². The van der Waals surface area contributed by atoms with Gasteiger partial charge in [0.25, 0.3) is 5.56 Å². The molecule has 0 unspecified atom stereocenters. The SMILES string of the molecule is Cc1[nH]n(-c2ccc(F)cc2)c(=O)c1CCC(=O)N[C@@H](C)c1ccccc1Br. The highest BCUT2D eigenvalue weighted by molar-refractivity contribution is 9.10. The minimum absolute atomic E-state index is 0.128. The number of hydrogen-bond acceptors (Lipinski definition) is 2. The maximum absolute atomic E-state index is 13.1. The van der Waals surface area contributed by atoms with Crippen molar-refractivity contribution in [3.8, 4) is 5.69 Å². The first-order valence-corrected chi connectivity index (χ1v) is 9.76. The number of H-pyrrole nitrogens is 1. The number of aromatic nitrogens is 2. The predicted molar refractivity (Wildman–Crippen MR) is 110 cm³/mol. The molecule has 7 heteroatoms. The molecule has 0 fully saturated rings. The molecule has 1 heterocycles. The summed E-state index contributed by atoms with van der Waals surface area (Å²) in [7, 11) is 0. The van der Waals surface area contributed by atoms with Gasteiger partial charge in [0.05, 0.1) is 11.7 Å². The average molecular weight is 446 g/mol. The topological polar surface area (TPSA) is 66.9 Å². The zero-order valence-corrected chi connectivity index (χ0v) is 17.2. The Bertz CT molecular complexity index is 1040. The molecule has 0 aliphatic rings. The van der Waals surface area contributed by atoms with Gasteiger partial charge in [0, 0.05) is 22.2 Å². The maximum Gasteiger partial charge on any atom is 0.274 e. The number of benzene rings is 2. The lowest BCUT2D eigenvalue weighted by Gasteiger charge is -2.15. The standard InChI is InChI=1S/C21H21BrFN3O2/c1-13(17-5-3-4-6-19(17)22)24-20(27)12-11-18-14(2)25-26(21(18)28)16-9-7-15(23)8-10-16/h3-10,13,25H,11-12H2,1-2H3,(H,24,27)/t13-/m0/s1. The van der Waals surface area contributed by atoms with E-state index in [0.717, 1.165) is 10.0 Å². The number of carbonyl (C=O) groups is 1. The smallest absolute Gasteiger partial charge is 0.274 e. The fraction of sp³-hybridized carbons (Fsp3) is 0.238. The summed E-state index contributed by atoms with van der Waals surface area (Å²) in [4.78, 5) is 25.0. The molecule has 0 bridgehead atoms. The molecule has 146 valence electrons. The van der Waals surface area contributed by atoms with Crippen LogP contribution in [-0.2, 0) is 11.2 Å². The van der Waals surface area contributed by atoms with Crippen LogP contribution in [0.15, 0.2) is 57.8 Å². The lowest BCUT2D eigenvalue weighted by molar-refractivity contribution is -0.121. The summed E-state index contributed by atoms with van der Waals surface area (Å²) in [5.74, 6) is -0.493. The molecule has 2 N–H and O–H groups in total. The molecule has 3 rings (SSSR count). The zero-order chi connectivity index (χ0) is 20.3. The van der Waals surface area contributed by atoms with Crippen LogP contribution < -0.4 is 10.9 Å². The molecule has 0 radical (unpaired) electrons. The summed E-state index contributed by atoms with van der Waals surface area (Å²) < 4.78 is 15.4. The van der Waals surface area contributed by atoms with E-state index in [9.17, 15) is 14.0 Å². The molecule has 1 atom stereocenters. The van der Waals surface area contributed by atoms with Crippen LogP contribution in [0.25, 0.3) is 5.69 Å². The van der Waals surface area contributed by atoms with Crippen molar-refractivity contribution in [1.82, 2.24) is 15.1 Å². The van der Waals surface area contributed by atoms with Crippen LogP contribution in [0, 0.1) is 12.7 Å². The molecule has 1 aromatic heterocycles. The molecular formula is C21H21BrFN3O2. The van der Waals surface area contributed by atoms with E-state index in [2.05, 4.69) is 26.3 Å². The Balaban J connectivity index is 1.68. The first-order chi connectivity index (χ1) is 13.4. The quantitative estimate of drug-likeness (QED) is 0.597. The molecule has 28 heavy (non-hydrogen) atoms. The Morgan fingerprint density at radius 2 is 1.89 bits per heavy atom. The van der Waals surface area contributed by atoms with Gasteiger partial charge in [0.1, 0.15) is 5.82 Å². The summed E-state index contributed by atoms with van der Waals surface area (Å²) >= 11 is 3.49. The number of aromatic amines is 1. The number of carbonyl (C=O) groups excluding carboxylic acids is 1. The number of nitrogens with zero attached hydrogens (tertiary/aromatic N) is 1. The van der Waals surface area contributed by atoms with Crippen molar-refractivity contribution < 1.29 is 9.18 Å². The summed E-state index contributed by atoms with van der Waals surface area (Å²) in [5.41, 5.74) is 2.56. The fourth-order valence-corrected chi connectivity index (χ4v) is 3.73. The Labute approximate surface area is 170 Å². The number of nitrogens with one attached hydrogen (secondary N) is 2. The molecule has 3 aromatic rings. The highest BCUT2D eigenvalue weighted by Crippen LogP contribution is 2.22. The Kier molecular flexibility index (Phi) is 6.14. The third kappa shape index (κ3) is 4.42. The van der Waals surface area contributed by atoms with E-state index in [1.54, 1.807) is 6.92 Å². The third-order valence-electron chi connectivity index (χ3n) is 4.63. The molecule has 0 spiro atoms. The number of halogens is 2. The number of amides is 1. The van der Waals surface area contributed by atoms with Gasteiger partial charge in [0.15, 0.2) is 0 Å². The minimum Gasteiger partial charge on any atom is -0.350 e. The van der Waals surface area contributed by atoms with Gasteiger partial charge in [0.2, 0.25) is 5.91 Å². The van der Waals surface area contributed by atoms with Crippen LogP contribution in [0.5, 0.6) is 0 Å². The molecule has 2 aromatic carbocycles. The van der Waals surface area contributed by atoms with Gasteiger partial charge >= 0.3 is 0 Å². The normalized spacial score (nSPS) is 12.0. The highest BCUT2D eigenvalue weighted by Gasteiger charge is 2.16. The van der Waals surface area contributed by atoms with E-state index in [1.807, 2.05) is 31.2 Å². The van der Waals surface area contributed by atoms with E-state index in [4.69, 9.17) is 0 Å². The highest BCUT2D eigenvalue weighted by atomic mass is 79.9. The van der Waals surface area contributed by atoms with E-state index in [1.165, 1.54) is 28.9 Å². The van der Waals surface area contributed by atoms with Crippen LogP contribution in [0.3, 0.4) is 0 Å². The van der Waals surface area contributed by atoms with Gasteiger partial charge in [-0.3, -0.25) is 14.7 Å². The van der Waals surface area contributed by atoms with Crippen LogP contribution in [-0.4, -0.2) is 15.7 Å². The zero-order valence-electron chi connectivity index (χ0n) is 15.6. The van der Waals surface area contributed by atoms with E-state index >= 15 is 0 Å². The lowest BCUT2D eigenvalue weighted by Crippen LogP contribution is -2.27. The fourth-order valence-electron chi connectivity index (χ4n) is 3.10. The molecule has 5 nitrogen and oxygen atoms in total. The van der Waals surface area contributed by atoms with Crippen LogP contribution in [0.2, 0.25) is 0 Å². The van der Waals surface area contributed by atoms with Crippen LogP contribution in [0.4, 0.5) is 4.39 Å². The van der Waals surface area contributed by atoms with Crippen LogP contribution >= 0.6 is 15.9 Å². The average Bonchev–Trinajstić information content (AvgIpc) is 2.95. The summed E-state index contributed by atoms with van der Waals surface area (Å²) in [6, 6.07) is 13.2. The molecular weight excluding hydrogens is 425 g/mol. The van der Waals surface area contributed by atoms with Gasteiger partial charge in [-0.25, -0.2) is 9.07 Å². The third-order valence-corrected chi connectivity index (χ3v) is 5.35. The Morgan fingerprint density at radius 1 is 1.21 bits per heavy atom. The largest absolute Gasteiger partial charge is 0.350 e. The molecule has 1 amide bonds. The van der Waals surface area contributed by atoms with Crippen molar-refractivity contribution in [3.63, 3.8) is 0 Å². The molecule has 0 saturated carbocycles. The molecule has 0 aliphatic carbocycles. The number of rotatable bonds is 6. The first-order valence-electron chi connectivity index (χ1n) is 8.97. The minimum atomic E-state index is -0.365. The second-order valence-electron chi connectivity index (χ2n) is 6.64. The molecule has 0 aliphatic heterocycles. The van der Waals surface area contributed by atoms with Gasteiger partial charge < -0.3 is 5.32 Å². The van der Waals surface area contributed by atoms with Crippen molar-refractivity contribution >= 4 is 21.8 Å². The van der Waals surface area contributed by atoms with Gasteiger partial charge in [-0.2, -0.15) is 0 Å². The lowest BCUT2D eigenvalue weighted by atomic mass is 10.1. The Hall–Kier alpha value is -2.67. The number of aryl methyl sites for hydroxylation is 1. The van der Waals surface area contributed by atoms with E-state index in [-0.39, 0.29) is 29.7 Å². The Morgan fingerprint density at radius 3 is 2.57 bits per heavy atom. The van der Waals surface area contributed by atoms with E-state index < -0.39 is 0 Å².